The molecule has 2 atom stereocenters. The number of aromatic nitrogens is 1. The molecule has 33 heavy (non-hydrogen) atoms. The van der Waals surface area contributed by atoms with Crippen molar-refractivity contribution in [3.63, 3.8) is 0 Å². The molecule has 0 aliphatic carbocycles. The molecule has 0 saturated heterocycles. The highest BCUT2D eigenvalue weighted by Gasteiger charge is 2.34. The van der Waals surface area contributed by atoms with Gasteiger partial charge < -0.3 is 14.2 Å². The summed E-state index contributed by atoms with van der Waals surface area (Å²) in [6, 6.07) is 18.5. The first-order valence-corrected chi connectivity index (χ1v) is 12.7. The van der Waals surface area contributed by atoms with Gasteiger partial charge in [-0.1, -0.05) is 18.2 Å². The fraction of sp³-hybridized carbons (Fsp3) is 0.208. The fourth-order valence-electron chi connectivity index (χ4n) is 4.08. The highest BCUT2D eigenvalue weighted by molar-refractivity contribution is 7.89. The Labute approximate surface area is 195 Å². The third-order valence-corrected chi connectivity index (χ3v) is 7.73. The van der Waals surface area contributed by atoms with Gasteiger partial charge in [0.15, 0.2) is 11.5 Å². The summed E-state index contributed by atoms with van der Waals surface area (Å²) in [5.41, 5.74) is 0.779. The summed E-state index contributed by atoms with van der Waals surface area (Å²) < 4.78 is 42.6. The maximum Gasteiger partial charge on any atom is 0.238 e. The van der Waals surface area contributed by atoms with E-state index >= 15 is 0 Å². The molecule has 9 heteroatoms. The zero-order chi connectivity index (χ0) is 23.0. The number of pyridine rings is 1. The van der Waals surface area contributed by atoms with Crippen LogP contribution in [0.3, 0.4) is 0 Å². The van der Waals surface area contributed by atoms with E-state index in [1.807, 2.05) is 24.3 Å². The topological polar surface area (TPSA) is 101 Å². The van der Waals surface area contributed by atoms with E-state index in [2.05, 4.69) is 23.2 Å². The minimum absolute atomic E-state index is 0.0178. The third kappa shape index (κ3) is 4.27. The van der Waals surface area contributed by atoms with Crippen LogP contribution in [0, 0.1) is 0 Å². The second-order valence-corrected chi connectivity index (χ2v) is 10.4. The molecule has 1 aliphatic heterocycles. The molecule has 1 unspecified atom stereocenters. The number of nitrogens with two attached hydrogens (primary N) is 1. The van der Waals surface area contributed by atoms with Crippen molar-refractivity contribution in [3.8, 4) is 17.2 Å². The van der Waals surface area contributed by atoms with E-state index in [1.165, 1.54) is 16.8 Å². The van der Waals surface area contributed by atoms with Crippen molar-refractivity contribution in [1.29, 1.82) is 0 Å². The Morgan fingerprint density at radius 2 is 1.97 bits per heavy atom. The zero-order valence-electron chi connectivity index (χ0n) is 17.8. The van der Waals surface area contributed by atoms with Crippen LogP contribution in [0.5, 0.6) is 17.2 Å². The van der Waals surface area contributed by atoms with Gasteiger partial charge >= 0.3 is 0 Å². The second-order valence-electron chi connectivity index (χ2n) is 7.70. The summed E-state index contributed by atoms with van der Waals surface area (Å²) in [6.45, 7) is 0.349. The minimum atomic E-state index is -3.85. The van der Waals surface area contributed by atoms with Crippen LogP contribution in [0.25, 0.3) is 10.1 Å². The molecule has 0 amide bonds. The van der Waals surface area contributed by atoms with Crippen molar-refractivity contribution in [2.45, 2.75) is 23.3 Å². The molecule has 170 valence electrons. The maximum atomic E-state index is 11.8. The summed E-state index contributed by atoms with van der Waals surface area (Å²) >= 11 is 1.69. The van der Waals surface area contributed by atoms with E-state index in [0.717, 1.165) is 16.0 Å². The first-order chi connectivity index (χ1) is 15.9. The number of benzene rings is 2. The smallest absolute Gasteiger partial charge is 0.238 e. The van der Waals surface area contributed by atoms with Crippen LogP contribution in [-0.4, -0.2) is 33.2 Å². The molecule has 0 bridgehead atoms. The Kier molecular flexibility index (Phi) is 5.69. The normalized spacial score (nSPS) is 16.8. The van der Waals surface area contributed by atoms with Crippen molar-refractivity contribution < 1.29 is 22.6 Å². The standard InChI is InChI=1S/C24H22N2O5S2/c1-29-19-6-4-11-26-24(19)23(22-13-15-5-2-3-7-21(15)32-22)18-10-12-30-20-14-16(33(25,27)28)8-9-17(20)31-18/h2-9,11,13-14,18,23H,10,12H2,1H3,(H2,25,27,28)/t18?,23-/m1/s1. The van der Waals surface area contributed by atoms with Crippen LogP contribution in [0.15, 0.2) is 71.8 Å². The van der Waals surface area contributed by atoms with Crippen LogP contribution < -0.4 is 19.3 Å². The number of methoxy groups -OCH3 is 1. The minimum Gasteiger partial charge on any atom is -0.495 e. The van der Waals surface area contributed by atoms with Crippen molar-refractivity contribution >= 4 is 31.4 Å². The maximum absolute atomic E-state index is 11.8. The summed E-state index contributed by atoms with van der Waals surface area (Å²) in [4.78, 5) is 5.75. The third-order valence-electron chi connectivity index (χ3n) is 5.62. The van der Waals surface area contributed by atoms with Crippen LogP contribution in [0.1, 0.15) is 22.9 Å². The van der Waals surface area contributed by atoms with Crippen molar-refractivity contribution in [3.05, 3.63) is 77.4 Å². The van der Waals surface area contributed by atoms with Crippen molar-refractivity contribution in [2.24, 2.45) is 5.14 Å². The number of rotatable bonds is 5. The van der Waals surface area contributed by atoms with E-state index in [9.17, 15) is 8.42 Å². The van der Waals surface area contributed by atoms with Gasteiger partial charge in [-0.25, -0.2) is 13.6 Å². The lowest BCUT2D eigenvalue weighted by molar-refractivity contribution is 0.171. The highest BCUT2D eigenvalue weighted by atomic mass is 32.2. The SMILES string of the molecule is COc1cccnc1[C@@H](c1cc2ccccc2s1)C1CCOc2cc(S(N)(=O)=O)ccc2O1. The number of fused-ring (bicyclic) bond motifs is 2. The summed E-state index contributed by atoms with van der Waals surface area (Å²) in [5, 5.41) is 6.43. The lowest BCUT2D eigenvalue weighted by Gasteiger charge is -2.26. The van der Waals surface area contributed by atoms with Gasteiger partial charge in [0, 0.05) is 28.3 Å². The summed E-state index contributed by atoms with van der Waals surface area (Å²) in [7, 11) is -2.22. The van der Waals surface area contributed by atoms with Crippen molar-refractivity contribution in [1.82, 2.24) is 4.98 Å². The largest absolute Gasteiger partial charge is 0.495 e. The van der Waals surface area contributed by atoms with Gasteiger partial charge in [-0.05, 0) is 41.8 Å². The van der Waals surface area contributed by atoms with Crippen LogP contribution >= 0.6 is 11.3 Å². The average molecular weight is 483 g/mol. The Morgan fingerprint density at radius 3 is 2.76 bits per heavy atom. The molecule has 0 radical (unpaired) electrons. The first-order valence-electron chi connectivity index (χ1n) is 10.4. The van der Waals surface area contributed by atoms with Gasteiger partial charge in [0.05, 0.1) is 30.2 Å². The molecule has 0 saturated carbocycles. The fourth-order valence-corrected chi connectivity index (χ4v) is 5.83. The van der Waals surface area contributed by atoms with Gasteiger partial charge in [0.1, 0.15) is 11.9 Å². The van der Waals surface area contributed by atoms with Gasteiger partial charge in [0.25, 0.3) is 0 Å². The number of ether oxygens (including phenoxy) is 3. The number of nitrogens with zero attached hydrogens (tertiary/aromatic N) is 1. The number of sulfonamides is 1. The molecular weight excluding hydrogens is 460 g/mol. The number of thiophene rings is 1. The quantitative estimate of drug-likeness (QED) is 0.455. The predicted molar refractivity (Wildman–Crippen MR) is 127 cm³/mol. The second kappa shape index (κ2) is 8.66. The molecule has 2 aromatic carbocycles. The molecule has 0 fully saturated rings. The lowest BCUT2D eigenvalue weighted by atomic mass is 9.92. The van der Waals surface area contributed by atoms with E-state index in [1.54, 1.807) is 30.7 Å². The molecule has 0 spiro atoms. The number of hydrogen-bond donors (Lipinski definition) is 1. The Balaban J connectivity index is 1.61. The van der Waals surface area contributed by atoms with Crippen LogP contribution in [0.4, 0.5) is 0 Å². The predicted octanol–water partition coefficient (Wildman–Crippen LogP) is 4.31. The number of hydrogen-bond acceptors (Lipinski definition) is 7. The first kappa shape index (κ1) is 21.7. The molecule has 7 nitrogen and oxygen atoms in total. The molecule has 2 N–H and O–H groups in total. The van der Waals surface area contributed by atoms with E-state index < -0.39 is 10.0 Å². The lowest BCUT2D eigenvalue weighted by Crippen LogP contribution is -2.27. The molecule has 2 aromatic heterocycles. The average Bonchev–Trinajstić information content (AvgIpc) is 3.11. The van der Waals surface area contributed by atoms with Gasteiger partial charge in [-0.15, -0.1) is 11.3 Å². The molecule has 3 heterocycles. The van der Waals surface area contributed by atoms with Gasteiger partial charge in [-0.2, -0.15) is 0 Å². The summed E-state index contributed by atoms with van der Waals surface area (Å²) in [5.74, 6) is 1.28. The highest BCUT2D eigenvalue weighted by Crippen LogP contribution is 2.43. The van der Waals surface area contributed by atoms with Crippen LogP contribution in [-0.2, 0) is 10.0 Å². The zero-order valence-corrected chi connectivity index (χ0v) is 19.4. The van der Waals surface area contributed by atoms with E-state index in [-0.39, 0.29) is 16.9 Å². The molecule has 4 aromatic rings. The van der Waals surface area contributed by atoms with Crippen LogP contribution in [0.2, 0.25) is 0 Å². The Bertz CT molecular complexity index is 1380. The van der Waals surface area contributed by atoms with Gasteiger partial charge in [0.2, 0.25) is 10.0 Å². The molecule has 1 aliphatic rings. The summed E-state index contributed by atoms with van der Waals surface area (Å²) in [6.07, 6.45) is 2.00. The Morgan fingerprint density at radius 1 is 1.12 bits per heavy atom. The van der Waals surface area contributed by atoms with Crippen molar-refractivity contribution in [2.75, 3.05) is 13.7 Å². The van der Waals surface area contributed by atoms with E-state index in [0.29, 0.717) is 30.3 Å². The monoisotopic (exact) mass is 482 g/mol. The number of primary sulfonamides is 1. The van der Waals surface area contributed by atoms with E-state index in [4.69, 9.17) is 19.3 Å². The molecular formula is C24H22N2O5S2. The molecule has 5 rings (SSSR count). The van der Waals surface area contributed by atoms with Gasteiger partial charge in [-0.3, -0.25) is 4.98 Å². The Hall–Kier alpha value is -3.14.